The van der Waals surface area contributed by atoms with E-state index in [9.17, 15) is 9.59 Å². The van der Waals surface area contributed by atoms with Crippen molar-refractivity contribution >= 4 is 11.8 Å². The fourth-order valence-electron chi connectivity index (χ4n) is 2.49. The summed E-state index contributed by atoms with van der Waals surface area (Å²) in [6.45, 7) is 0. The van der Waals surface area contributed by atoms with E-state index in [1.807, 2.05) is 18.2 Å². The molecule has 0 spiro atoms. The van der Waals surface area contributed by atoms with Crippen LogP contribution in [0.1, 0.15) is 23.6 Å². The first-order valence-electron chi connectivity index (χ1n) is 7.89. The largest absolute Gasteiger partial charge is 0.493 e. The summed E-state index contributed by atoms with van der Waals surface area (Å²) in [5.74, 6) is 0.404. The van der Waals surface area contributed by atoms with Gasteiger partial charge in [-0.05, 0) is 29.7 Å². The molecule has 25 heavy (non-hydrogen) atoms. The van der Waals surface area contributed by atoms with Crippen LogP contribution in [0.4, 0.5) is 0 Å². The molecular formula is C19H22N2O4. The molecule has 0 bridgehead atoms. The van der Waals surface area contributed by atoms with Crippen molar-refractivity contribution in [2.45, 2.75) is 18.9 Å². The summed E-state index contributed by atoms with van der Waals surface area (Å²) < 4.78 is 10.4. The van der Waals surface area contributed by atoms with Crippen LogP contribution in [0, 0.1) is 0 Å². The van der Waals surface area contributed by atoms with Gasteiger partial charge in [0.2, 0.25) is 11.8 Å². The van der Waals surface area contributed by atoms with Gasteiger partial charge in [0.1, 0.15) is 6.04 Å². The van der Waals surface area contributed by atoms with Gasteiger partial charge in [-0.1, -0.05) is 36.4 Å². The minimum Gasteiger partial charge on any atom is -0.493 e. The summed E-state index contributed by atoms with van der Waals surface area (Å²) in [7, 11) is 3.13. The second-order valence-electron chi connectivity index (χ2n) is 5.50. The predicted molar refractivity (Wildman–Crippen MR) is 94.4 cm³/mol. The van der Waals surface area contributed by atoms with Crippen molar-refractivity contribution in [3.63, 3.8) is 0 Å². The maximum atomic E-state index is 12.2. The SMILES string of the molecule is COc1ccc(CCC(=O)N[C@H](C(N)=O)c2ccccc2)cc1OC. The molecule has 2 rings (SSSR count). The van der Waals surface area contributed by atoms with Gasteiger partial charge in [-0.2, -0.15) is 0 Å². The molecule has 0 aliphatic rings. The molecule has 132 valence electrons. The van der Waals surface area contributed by atoms with Gasteiger partial charge < -0.3 is 20.5 Å². The maximum absolute atomic E-state index is 12.2. The van der Waals surface area contributed by atoms with Crippen LogP contribution in [0.3, 0.4) is 0 Å². The predicted octanol–water partition coefficient (Wildman–Crippen LogP) is 1.98. The van der Waals surface area contributed by atoms with E-state index in [-0.39, 0.29) is 12.3 Å². The number of hydrogen-bond donors (Lipinski definition) is 2. The zero-order valence-corrected chi connectivity index (χ0v) is 14.3. The zero-order valence-electron chi connectivity index (χ0n) is 14.3. The smallest absolute Gasteiger partial charge is 0.244 e. The molecule has 0 fully saturated rings. The summed E-state index contributed by atoms with van der Waals surface area (Å²) in [5.41, 5.74) is 7.01. The van der Waals surface area contributed by atoms with Crippen LogP contribution in [0.2, 0.25) is 0 Å². The number of nitrogens with one attached hydrogen (secondary N) is 1. The minimum absolute atomic E-state index is 0.228. The van der Waals surface area contributed by atoms with Gasteiger partial charge in [0.15, 0.2) is 11.5 Å². The fourth-order valence-corrected chi connectivity index (χ4v) is 2.49. The molecule has 1 atom stereocenters. The average molecular weight is 342 g/mol. The average Bonchev–Trinajstić information content (AvgIpc) is 2.64. The number of benzene rings is 2. The molecule has 0 aliphatic heterocycles. The van der Waals surface area contributed by atoms with Crippen LogP contribution in [0.15, 0.2) is 48.5 Å². The van der Waals surface area contributed by atoms with Crippen LogP contribution < -0.4 is 20.5 Å². The van der Waals surface area contributed by atoms with Gasteiger partial charge in [-0.15, -0.1) is 0 Å². The van der Waals surface area contributed by atoms with E-state index in [4.69, 9.17) is 15.2 Å². The van der Waals surface area contributed by atoms with Crippen LogP contribution in [-0.2, 0) is 16.0 Å². The molecule has 2 aromatic rings. The first-order valence-corrected chi connectivity index (χ1v) is 7.89. The molecule has 0 aromatic heterocycles. The normalized spacial score (nSPS) is 11.4. The topological polar surface area (TPSA) is 90.6 Å². The molecule has 0 heterocycles. The van der Waals surface area contributed by atoms with Gasteiger partial charge >= 0.3 is 0 Å². The van der Waals surface area contributed by atoms with E-state index < -0.39 is 11.9 Å². The van der Waals surface area contributed by atoms with Crippen molar-refractivity contribution in [3.05, 3.63) is 59.7 Å². The van der Waals surface area contributed by atoms with Gasteiger partial charge in [-0.3, -0.25) is 9.59 Å². The lowest BCUT2D eigenvalue weighted by Crippen LogP contribution is -2.37. The third-order valence-electron chi connectivity index (χ3n) is 3.81. The van der Waals surface area contributed by atoms with Gasteiger partial charge in [-0.25, -0.2) is 0 Å². The first kappa shape index (κ1) is 18.3. The van der Waals surface area contributed by atoms with Crippen LogP contribution in [0.5, 0.6) is 11.5 Å². The number of carbonyl (C=O) groups is 2. The number of ether oxygens (including phenoxy) is 2. The molecular weight excluding hydrogens is 320 g/mol. The Morgan fingerprint density at radius 2 is 1.72 bits per heavy atom. The first-order chi connectivity index (χ1) is 12.0. The Labute approximate surface area is 146 Å². The summed E-state index contributed by atoms with van der Waals surface area (Å²) in [6, 6.07) is 13.6. The van der Waals surface area contributed by atoms with E-state index in [1.165, 1.54) is 0 Å². The monoisotopic (exact) mass is 342 g/mol. The maximum Gasteiger partial charge on any atom is 0.244 e. The molecule has 2 amide bonds. The van der Waals surface area contributed by atoms with E-state index in [0.717, 1.165) is 5.56 Å². The molecule has 2 aromatic carbocycles. The van der Waals surface area contributed by atoms with Crippen LogP contribution in [0.25, 0.3) is 0 Å². The van der Waals surface area contributed by atoms with E-state index >= 15 is 0 Å². The second kappa shape index (κ2) is 8.73. The quantitative estimate of drug-likeness (QED) is 0.767. The molecule has 6 nitrogen and oxygen atoms in total. The van der Waals surface area contributed by atoms with Gasteiger partial charge in [0.25, 0.3) is 0 Å². The Morgan fingerprint density at radius 1 is 1.04 bits per heavy atom. The second-order valence-corrected chi connectivity index (χ2v) is 5.50. The highest BCUT2D eigenvalue weighted by atomic mass is 16.5. The van der Waals surface area contributed by atoms with E-state index in [2.05, 4.69) is 5.32 Å². The van der Waals surface area contributed by atoms with Crippen LogP contribution in [-0.4, -0.2) is 26.0 Å². The molecule has 0 radical (unpaired) electrons. The standard InChI is InChI=1S/C19H22N2O4/c1-24-15-10-8-13(12-16(15)25-2)9-11-17(22)21-18(19(20)23)14-6-4-3-5-7-14/h3-8,10,12,18H,9,11H2,1-2H3,(H2,20,23)(H,21,22)/t18-/m0/s1. The number of amides is 2. The Hall–Kier alpha value is -3.02. The van der Waals surface area contributed by atoms with E-state index in [1.54, 1.807) is 44.6 Å². The number of aryl methyl sites for hydroxylation is 1. The Balaban J connectivity index is 1.99. The third kappa shape index (κ3) is 4.97. The summed E-state index contributed by atoms with van der Waals surface area (Å²) in [6.07, 6.45) is 0.735. The van der Waals surface area contributed by atoms with Crippen molar-refractivity contribution in [2.24, 2.45) is 5.73 Å². The minimum atomic E-state index is -0.834. The number of carbonyl (C=O) groups excluding carboxylic acids is 2. The Morgan fingerprint density at radius 3 is 2.32 bits per heavy atom. The molecule has 0 aliphatic carbocycles. The Bertz CT molecular complexity index is 731. The van der Waals surface area contributed by atoms with Crippen LogP contribution >= 0.6 is 0 Å². The number of methoxy groups -OCH3 is 2. The highest BCUT2D eigenvalue weighted by Crippen LogP contribution is 2.28. The zero-order chi connectivity index (χ0) is 18.2. The van der Waals surface area contributed by atoms with Gasteiger partial charge in [0.05, 0.1) is 14.2 Å². The van der Waals surface area contributed by atoms with Crippen molar-refractivity contribution < 1.29 is 19.1 Å². The lowest BCUT2D eigenvalue weighted by atomic mass is 10.1. The lowest BCUT2D eigenvalue weighted by molar-refractivity contribution is -0.127. The molecule has 3 N–H and O–H groups in total. The highest BCUT2D eigenvalue weighted by molar-refractivity contribution is 5.87. The summed E-state index contributed by atoms with van der Waals surface area (Å²) in [5, 5.41) is 2.68. The Kier molecular flexibility index (Phi) is 6.39. The highest BCUT2D eigenvalue weighted by Gasteiger charge is 2.19. The fraction of sp³-hybridized carbons (Fsp3) is 0.263. The molecule has 0 saturated carbocycles. The van der Waals surface area contributed by atoms with Gasteiger partial charge in [0, 0.05) is 6.42 Å². The molecule has 0 saturated heterocycles. The number of primary amides is 1. The summed E-state index contributed by atoms with van der Waals surface area (Å²) >= 11 is 0. The third-order valence-corrected chi connectivity index (χ3v) is 3.81. The van der Waals surface area contributed by atoms with Crippen molar-refractivity contribution in [1.82, 2.24) is 5.32 Å². The van der Waals surface area contributed by atoms with Crippen molar-refractivity contribution in [1.29, 1.82) is 0 Å². The van der Waals surface area contributed by atoms with Crippen molar-refractivity contribution in [3.8, 4) is 11.5 Å². The molecule has 0 unspecified atom stereocenters. The molecule has 6 heteroatoms. The van der Waals surface area contributed by atoms with Crippen molar-refractivity contribution in [2.75, 3.05) is 14.2 Å². The lowest BCUT2D eigenvalue weighted by Gasteiger charge is -2.16. The number of rotatable bonds is 8. The van der Waals surface area contributed by atoms with E-state index in [0.29, 0.717) is 23.5 Å². The summed E-state index contributed by atoms with van der Waals surface area (Å²) in [4.78, 5) is 23.8. The number of hydrogen-bond acceptors (Lipinski definition) is 4. The number of nitrogens with two attached hydrogens (primary N) is 1.